The summed E-state index contributed by atoms with van der Waals surface area (Å²) in [6.07, 6.45) is 2.18. The molecule has 0 radical (unpaired) electrons. The molecule has 0 aromatic heterocycles. The number of hydrogen-bond donors (Lipinski definition) is 1. The van der Waals surface area contributed by atoms with Crippen LogP contribution in [0.2, 0.25) is 0 Å². The normalized spacial score (nSPS) is 10.1. The van der Waals surface area contributed by atoms with Crippen molar-refractivity contribution >= 4 is 17.1 Å². The van der Waals surface area contributed by atoms with Crippen LogP contribution in [0.15, 0.2) is 18.2 Å². The third-order valence-corrected chi connectivity index (χ3v) is 2.48. The zero-order chi connectivity index (χ0) is 12.1. The highest BCUT2D eigenvalue weighted by atomic mass is 16.6. The molecule has 1 rings (SSSR count). The molecule has 1 aromatic rings. The van der Waals surface area contributed by atoms with E-state index in [1.807, 2.05) is 11.9 Å². The van der Waals surface area contributed by atoms with E-state index < -0.39 is 4.92 Å². The maximum Gasteiger partial charge on any atom is 0.271 e. The fraction of sp³-hybridized carbons (Fsp3) is 0.455. The van der Waals surface area contributed by atoms with E-state index in [4.69, 9.17) is 5.73 Å². The average Bonchev–Trinajstić information content (AvgIpc) is 2.25. The predicted octanol–water partition coefficient (Wildman–Crippen LogP) is 2.41. The Hall–Kier alpha value is -1.78. The highest BCUT2D eigenvalue weighted by Crippen LogP contribution is 2.26. The van der Waals surface area contributed by atoms with E-state index in [9.17, 15) is 10.1 Å². The summed E-state index contributed by atoms with van der Waals surface area (Å²) >= 11 is 0. The summed E-state index contributed by atoms with van der Waals surface area (Å²) in [5.41, 5.74) is 7.12. The Morgan fingerprint density at radius 1 is 1.50 bits per heavy atom. The fourth-order valence-electron chi connectivity index (χ4n) is 1.52. The van der Waals surface area contributed by atoms with Crippen molar-refractivity contribution in [3.05, 3.63) is 28.3 Å². The first-order valence-electron chi connectivity index (χ1n) is 5.31. The molecular formula is C11H17N3O2. The second-order valence-electron chi connectivity index (χ2n) is 3.78. The number of unbranched alkanes of at least 4 members (excludes halogenated alkanes) is 1. The number of benzene rings is 1. The van der Waals surface area contributed by atoms with Gasteiger partial charge in [0.2, 0.25) is 0 Å². The highest BCUT2D eigenvalue weighted by molar-refractivity contribution is 5.70. The van der Waals surface area contributed by atoms with Crippen LogP contribution in [-0.2, 0) is 0 Å². The standard InChI is InChI=1S/C11H17N3O2/c1-3-4-7-13(2)11-6-5-9(14(15)16)8-10(11)12/h5-6,8H,3-4,7,12H2,1-2H3. The Kier molecular flexibility index (Phi) is 4.10. The monoisotopic (exact) mass is 223 g/mol. The van der Waals surface area contributed by atoms with Crippen LogP contribution in [0.3, 0.4) is 0 Å². The molecule has 5 heteroatoms. The number of nitro benzene ring substituents is 1. The van der Waals surface area contributed by atoms with Gasteiger partial charge in [-0.1, -0.05) is 13.3 Å². The Morgan fingerprint density at radius 3 is 2.69 bits per heavy atom. The number of hydrogen-bond acceptors (Lipinski definition) is 4. The Bertz CT molecular complexity index is 379. The minimum atomic E-state index is -0.438. The Balaban J connectivity index is 2.85. The molecule has 1 aromatic carbocycles. The van der Waals surface area contributed by atoms with Gasteiger partial charge in [-0.15, -0.1) is 0 Å². The summed E-state index contributed by atoms with van der Waals surface area (Å²) in [4.78, 5) is 12.1. The van der Waals surface area contributed by atoms with E-state index in [0.717, 1.165) is 25.1 Å². The molecular weight excluding hydrogens is 206 g/mol. The third-order valence-electron chi connectivity index (χ3n) is 2.48. The minimum absolute atomic E-state index is 0.0325. The second-order valence-corrected chi connectivity index (χ2v) is 3.78. The zero-order valence-electron chi connectivity index (χ0n) is 9.64. The molecule has 2 N–H and O–H groups in total. The van der Waals surface area contributed by atoms with Gasteiger partial charge in [0.05, 0.1) is 16.3 Å². The second kappa shape index (κ2) is 5.34. The average molecular weight is 223 g/mol. The SMILES string of the molecule is CCCCN(C)c1ccc([N+](=O)[O-])cc1N. The molecule has 0 atom stereocenters. The molecule has 0 fully saturated rings. The smallest absolute Gasteiger partial charge is 0.271 e. The number of nitrogens with two attached hydrogens (primary N) is 1. The summed E-state index contributed by atoms with van der Waals surface area (Å²) in [5, 5.41) is 10.5. The first-order chi connectivity index (χ1) is 7.56. The lowest BCUT2D eigenvalue weighted by Crippen LogP contribution is -2.19. The van der Waals surface area contributed by atoms with Crippen LogP contribution in [0, 0.1) is 10.1 Å². The summed E-state index contributed by atoms with van der Waals surface area (Å²) in [6.45, 7) is 3.02. The molecule has 16 heavy (non-hydrogen) atoms. The van der Waals surface area contributed by atoms with Gasteiger partial charge in [0.1, 0.15) is 0 Å². The molecule has 0 aliphatic rings. The summed E-state index contributed by atoms with van der Waals surface area (Å²) in [5.74, 6) is 0. The highest BCUT2D eigenvalue weighted by Gasteiger charge is 2.10. The Labute approximate surface area is 95.0 Å². The van der Waals surface area contributed by atoms with Crippen molar-refractivity contribution in [2.75, 3.05) is 24.2 Å². The van der Waals surface area contributed by atoms with Gasteiger partial charge >= 0.3 is 0 Å². The van der Waals surface area contributed by atoms with Crippen LogP contribution in [0.1, 0.15) is 19.8 Å². The lowest BCUT2D eigenvalue weighted by atomic mass is 10.2. The molecule has 88 valence electrons. The number of nitrogens with zero attached hydrogens (tertiary/aromatic N) is 2. The van der Waals surface area contributed by atoms with Gasteiger partial charge in [0.15, 0.2) is 0 Å². The number of rotatable bonds is 5. The van der Waals surface area contributed by atoms with Crippen LogP contribution in [0.25, 0.3) is 0 Å². The maximum atomic E-state index is 10.5. The third kappa shape index (κ3) is 2.85. The van der Waals surface area contributed by atoms with Crippen molar-refractivity contribution in [1.82, 2.24) is 0 Å². The van der Waals surface area contributed by atoms with Gasteiger partial charge < -0.3 is 10.6 Å². The minimum Gasteiger partial charge on any atom is -0.397 e. The fourth-order valence-corrected chi connectivity index (χ4v) is 1.52. The molecule has 0 spiro atoms. The molecule has 5 nitrogen and oxygen atoms in total. The van der Waals surface area contributed by atoms with E-state index in [1.54, 1.807) is 6.07 Å². The van der Waals surface area contributed by atoms with Crippen LogP contribution in [0.5, 0.6) is 0 Å². The molecule has 0 saturated carbocycles. The molecule has 0 saturated heterocycles. The lowest BCUT2D eigenvalue weighted by molar-refractivity contribution is -0.384. The van der Waals surface area contributed by atoms with Crippen LogP contribution < -0.4 is 10.6 Å². The Morgan fingerprint density at radius 2 is 2.19 bits per heavy atom. The van der Waals surface area contributed by atoms with E-state index in [0.29, 0.717) is 5.69 Å². The van der Waals surface area contributed by atoms with Crippen LogP contribution in [-0.4, -0.2) is 18.5 Å². The van der Waals surface area contributed by atoms with Gasteiger partial charge in [-0.05, 0) is 12.5 Å². The van der Waals surface area contributed by atoms with Crippen molar-refractivity contribution in [3.63, 3.8) is 0 Å². The summed E-state index contributed by atoms with van der Waals surface area (Å²) < 4.78 is 0. The topological polar surface area (TPSA) is 72.4 Å². The quantitative estimate of drug-likeness (QED) is 0.472. The first kappa shape index (κ1) is 12.3. The largest absolute Gasteiger partial charge is 0.397 e. The van der Waals surface area contributed by atoms with E-state index in [2.05, 4.69) is 6.92 Å². The maximum absolute atomic E-state index is 10.5. The summed E-state index contributed by atoms with van der Waals surface area (Å²) in [7, 11) is 1.94. The number of anilines is 2. The van der Waals surface area contributed by atoms with Gasteiger partial charge in [-0.25, -0.2) is 0 Å². The van der Waals surface area contributed by atoms with Crippen molar-refractivity contribution < 1.29 is 4.92 Å². The number of nitro groups is 1. The van der Waals surface area contributed by atoms with Gasteiger partial charge in [-0.3, -0.25) is 10.1 Å². The van der Waals surface area contributed by atoms with Crippen LogP contribution >= 0.6 is 0 Å². The molecule has 0 bridgehead atoms. The molecule has 0 heterocycles. The van der Waals surface area contributed by atoms with Crippen molar-refractivity contribution in [3.8, 4) is 0 Å². The lowest BCUT2D eigenvalue weighted by Gasteiger charge is -2.20. The van der Waals surface area contributed by atoms with Gasteiger partial charge in [0.25, 0.3) is 5.69 Å². The number of non-ortho nitro benzene ring substituents is 1. The molecule has 0 amide bonds. The molecule has 0 unspecified atom stereocenters. The zero-order valence-corrected chi connectivity index (χ0v) is 9.64. The van der Waals surface area contributed by atoms with Crippen molar-refractivity contribution in [2.45, 2.75) is 19.8 Å². The molecule has 0 aliphatic carbocycles. The first-order valence-corrected chi connectivity index (χ1v) is 5.31. The van der Waals surface area contributed by atoms with Crippen LogP contribution in [0.4, 0.5) is 17.1 Å². The van der Waals surface area contributed by atoms with Gasteiger partial charge in [-0.2, -0.15) is 0 Å². The summed E-state index contributed by atoms with van der Waals surface area (Å²) in [6, 6.07) is 4.58. The predicted molar refractivity (Wildman–Crippen MR) is 65.7 cm³/mol. The van der Waals surface area contributed by atoms with Gasteiger partial charge in [0, 0.05) is 25.7 Å². The van der Waals surface area contributed by atoms with Crippen molar-refractivity contribution in [1.29, 1.82) is 0 Å². The molecule has 0 aliphatic heterocycles. The van der Waals surface area contributed by atoms with Crippen molar-refractivity contribution in [2.24, 2.45) is 0 Å². The van der Waals surface area contributed by atoms with E-state index in [1.165, 1.54) is 12.1 Å². The number of nitrogen functional groups attached to an aromatic ring is 1. The van der Waals surface area contributed by atoms with E-state index >= 15 is 0 Å². The van der Waals surface area contributed by atoms with E-state index in [-0.39, 0.29) is 5.69 Å².